The molecule has 0 saturated heterocycles. The normalized spacial score (nSPS) is 11.3. The molecule has 0 fully saturated rings. The Morgan fingerprint density at radius 1 is 1.09 bits per heavy atom. The number of hydrogen-bond acceptors (Lipinski definition) is 8. The van der Waals surface area contributed by atoms with Gasteiger partial charge in [-0.1, -0.05) is 59.6 Å². The highest BCUT2D eigenvalue weighted by atomic mass is 35.5. The van der Waals surface area contributed by atoms with E-state index in [1.54, 1.807) is 48.5 Å². The molecule has 2 heterocycles. The number of halogens is 1. The van der Waals surface area contributed by atoms with Crippen molar-refractivity contribution >= 4 is 57.0 Å². The maximum absolute atomic E-state index is 13.6. The Labute approximate surface area is 254 Å². The number of nitro groups is 1. The molecule has 0 bridgehead atoms. The highest BCUT2D eigenvalue weighted by Gasteiger charge is 2.22. The van der Waals surface area contributed by atoms with Crippen molar-refractivity contribution < 1.29 is 18.9 Å². The van der Waals surface area contributed by atoms with Gasteiger partial charge in [0.25, 0.3) is 11.5 Å². The minimum atomic E-state index is -0.681. The van der Waals surface area contributed by atoms with Gasteiger partial charge in [-0.25, -0.2) is 4.98 Å². The minimum absolute atomic E-state index is 0.0242. The van der Waals surface area contributed by atoms with Crippen LogP contribution < -0.4 is 15.6 Å². The van der Waals surface area contributed by atoms with E-state index in [1.165, 1.54) is 12.3 Å². The second kappa shape index (κ2) is 11.8. The minimum Gasteiger partial charge on any atom is -0.476 e. The lowest BCUT2D eigenvalue weighted by atomic mass is 10.2. The van der Waals surface area contributed by atoms with E-state index in [0.717, 1.165) is 21.7 Å². The molecule has 1 amide bonds. The first kappa shape index (κ1) is 28.3. The number of anilines is 1. The molecule has 44 heavy (non-hydrogen) atoms. The van der Waals surface area contributed by atoms with Crippen LogP contribution in [0.25, 0.3) is 33.5 Å². The fourth-order valence-electron chi connectivity index (χ4n) is 4.56. The van der Waals surface area contributed by atoms with Crippen molar-refractivity contribution in [3.8, 4) is 17.3 Å². The molecule has 0 aliphatic carbocycles. The molecule has 12 heteroatoms. The van der Waals surface area contributed by atoms with Crippen molar-refractivity contribution in [2.75, 3.05) is 11.9 Å². The lowest BCUT2D eigenvalue weighted by molar-refractivity contribution is -0.385. The first-order valence-corrected chi connectivity index (χ1v) is 13.7. The van der Waals surface area contributed by atoms with Crippen molar-refractivity contribution in [1.82, 2.24) is 9.66 Å². The Hall–Kier alpha value is -5.81. The second-order valence-corrected chi connectivity index (χ2v) is 10.2. The molecule has 0 radical (unpaired) electrons. The van der Waals surface area contributed by atoms with Crippen molar-refractivity contribution in [3.05, 3.63) is 128 Å². The topological polar surface area (TPSA) is 142 Å². The molecule has 2 aromatic heterocycles. The number of carbonyl (C=O) groups is 1. The van der Waals surface area contributed by atoms with E-state index < -0.39 is 28.7 Å². The molecule has 0 atom stereocenters. The van der Waals surface area contributed by atoms with Crippen LogP contribution in [0.3, 0.4) is 0 Å². The summed E-state index contributed by atoms with van der Waals surface area (Å²) in [7, 11) is 0. The number of benzene rings is 4. The van der Waals surface area contributed by atoms with Crippen LogP contribution in [-0.4, -0.2) is 33.3 Å². The number of aryl methyl sites for hydroxylation is 1. The molecule has 4 aromatic carbocycles. The zero-order valence-corrected chi connectivity index (χ0v) is 23.8. The molecule has 0 saturated carbocycles. The summed E-state index contributed by atoms with van der Waals surface area (Å²) in [5, 5.41) is 20.1. The predicted molar refractivity (Wildman–Crippen MR) is 168 cm³/mol. The average Bonchev–Trinajstić information content (AvgIpc) is 3.45. The number of hydrogen-bond donors (Lipinski definition) is 1. The molecule has 0 unspecified atom stereocenters. The van der Waals surface area contributed by atoms with Gasteiger partial charge in [-0.05, 0) is 49.4 Å². The molecule has 6 rings (SSSR count). The Kier molecular flexibility index (Phi) is 7.61. The smallest absolute Gasteiger partial charge is 0.313 e. The molecule has 0 aliphatic rings. The van der Waals surface area contributed by atoms with Gasteiger partial charge in [0.2, 0.25) is 11.6 Å². The molecule has 6 aromatic rings. The number of fused-ring (bicyclic) bond motifs is 2. The monoisotopic (exact) mass is 607 g/mol. The van der Waals surface area contributed by atoms with Gasteiger partial charge >= 0.3 is 5.69 Å². The number of ether oxygens (including phenoxy) is 1. The SMILES string of the molecule is Cc1ccc(NC(=O)COc2c(C=Nn3c(-c4cc5ccccc5o4)nc4ccccc4c3=O)cc(Cl)cc2[N+](=O)[O-])cc1. The highest BCUT2D eigenvalue weighted by Crippen LogP contribution is 2.34. The third kappa shape index (κ3) is 5.76. The maximum Gasteiger partial charge on any atom is 0.313 e. The summed E-state index contributed by atoms with van der Waals surface area (Å²) in [6, 6.07) is 25.4. The molecule has 11 nitrogen and oxygen atoms in total. The largest absolute Gasteiger partial charge is 0.476 e. The molecule has 218 valence electrons. The summed E-state index contributed by atoms with van der Waals surface area (Å²) >= 11 is 6.22. The quantitative estimate of drug-likeness (QED) is 0.117. The number of carbonyl (C=O) groups excluding carboxylic acids is 1. The number of rotatable bonds is 8. The van der Waals surface area contributed by atoms with E-state index in [0.29, 0.717) is 22.2 Å². The van der Waals surface area contributed by atoms with Crippen molar-refractivity contribution in [3.63, 3.8) is 0 Å². The summed E-state index contributed by atoms with van der Waals surface area (Å²) < 4.78 is 12.7. The lowest BCUT2D eigenvalue weighted by Crippen LogP contribution is -2.21. The number of furan rings is 1. The molecule has 0 aliphatic heterocycles. The van der Waals surface area contributed by atoms with E-state index in [4.69, 9.17) is 20.8 Å². The summed E-state index contributed by atoms with van der Waals surface area (Å²) in [6.45, 7) is 1.37. The summed E-state index contributed by atoms with van der Waals surface area (Å²) in [5.74, 6) is -0.400. The van der Waals surface area contributed by atoms with Crippen LogP contribution in [0.15, 0.2) is 105 Å². The van der Waals surface area contributed by atoms with E-state index >= 15 is 0 Å². The van der Waals surface area contributed by atoms with Crippen molar-refractivity contribution in [1.29, 1.82) is 0 Å². The Morgan fingerprint density at radius 3 is 2.61 bits per heavy atom. The van der Waals surface area contributed by atoms with Crippen LogP contribution >= 0.6 is 11.6 Å². The van der Waals surface area contributed by atoms with Gasteiger partial charge in [0.05, 0.1) is 22.0 Å². The first-order chi connectivity index (χ1) is 21.3. The second-order valence-electron chi connectivity index (χ2n) is 9.77. The van der Waals surface area contributed by atoms with Gasteiger partial charge in [-0.2, -0.15) is 9.78 Å². The zero-order chi connectivity index (χ0) is 30.8. The van der Waals surface area contributed by atoms with E-state index in [1.807, 2.05) is 37.3 Å². The number of nitro benzene ring substituents is 1. The van der Waals surface area contributed by atoms with Crippen LogP contribution in [0.5, 0.6) is 5.75 Å². The molecular weight excluding hydrogens is 586 g/mol. The van der Waals surface area contributed by atoms with Gasteiger partial charge in [-0.3, -0.25) is 19.7 Å². The van der Waals surface area contributed by atoms with E-state index in [9.17, 15) is 19.7 Å². The van der Waals surface area contributed by atoms with Gasteiger partial charge in [0.15, 0.2) is 12.4 Å². The number of amides is 1. The summed E-state index contributed by atoms with van der Waals surface area (Å²) in [6.07, 6.45) is 1.19. The van der Waals surface area contributed by atoms with E-state index in [2.05, 4.69) is 15.4 Å². The maximum atomic E-state index is 13.6. The standard InChI is InChI=1S/C32H22ClN5O6/c1-19-10-12-23(13-11-19)35-29(39)18-43-30-21(14-22(33)16-26(30)38(41)42)17-34-37-31(28-15-20-6-2-5-9-27(20)44-28)36-25-8-4-3-7-24(25)32(37)40/h2-17H,18H2,1H3,(H,35,39). The average molecular weight is 608 g/mol. The number of nitrogens with one attached hydrogen (secondary N) is 1. The van der Waals surface area contributed by atoms with Crippen LogP contribution in [0.1, 0.15) is 11.1 Å². The van der Waals surface area contributed by atoms with Crippen LogP contribution in [0.4, 0.5) is 11.4 Å². The third-order valence-electron chi connectivity index (χ3n) is 6.65. The summed E-state index contributed by atoms with van der Waals surface area (Å²) in [5.41, 5.74) is 1.65. The lowest BCUT2D eigenvalue weighted by Gasteiger charge is -2.11. The van der Waals surface area contributed by atoms with Gasteiger partial charge < -0.3 is 14.5 Å². The van der Waals surface area contributed by atoms with Crippen molar-refractivity contribution in [2.24, 2.45) is 5.10 Å². The fourth-order valence-corrected chi connectivity index (χ4v) is 4.78. The number of para-hydroxylation sites is 2. The van der Waals surface area contributed by atoms with E-state index in [-0.39, 0.29) is 27.9 Å². The third-order valence-corrected chi connectivity index (χ3v) is 6.87. The Bertz CT molecular complexity index is 2120. The van der Waals surface area contributed by atoms with Gasteiger partial charge in [-0.15, -0.1) is 0 Å². The first-order valence-electron chi connectivity index (χ1n) is 13.3. The molecule has 1 N–H and O–H groups in total. The Balaban J connectivity index is 1.41. The number of nitrogens with zero attached hydrogens (tertiary/aromatic N) is 4. The van der Waals surface area contributed by atoms with Gasteiger partial charge in [0.1, 0.15) is 5.58 Å². The molecular formula is C32H22ClN5O6. The number of aromatic nitrogens is 2. The zero-order valence-electron chi connectivity index (χ0n) is 23.1. The molecule has 0 spiro atoms. The van der Waals surface area contributed by atoms with Crippen molar-refractivity contribution in [2.45, 2.75) is 6.92 Å². The fraction of sp³-hybridized carbons (Fsp3) is 0.0625. The highest BCUT2D eigenvalue weighted by molar-refractivity contribution is 6.31. The Morgan fingerprint density at radius 2 is 1.84 bits per heavy atom. The van der Waals surface area contributed by atoms with Crippen LogP contribution in [0.2, 0.25) is 5.02 Å². The predicted octanol–water partition coefficient (Wildman–Crippen LogP) is 6.58. The van der Waals surface area contributed by atoms with Crippen LogP contribution in [0, 0.1) is 17.0 Å². The summed E-state index contributed by atoms with van der Waals surface area (Å²) in [4.78, 5) is 42.2. The van der Waals surface area contributed by atoms with Crippen LogP contribution in [-0.2, 0) is 4.79 Å². The van der Waals surface area contributed by atoms with Gasteiger partial charge in [0, 0.05) is 27.7 Å².